The van der Waals surface area contributed by atoms with Crippen LogP contribution in [0.5, 0.6) is 51.7 Å². The van der Waals surface area contributed by atoms with Crippen LogP contribution in [-0.2, 0) is 0 Å². The fourth-order valence-corrected chi connectivity index (χ4v) is 6.32. The molecule has 0 radical (unpaired) electrons. The Morgan fingerprint density at radius 1 is 0.490 bits per heavy atom. The van der Waals surface area contributed by atoms with Gasteiger partial charge in [0.05, 0.1) is 11.1 Å². The zero-order valence-corrected chi connectivity index (χ0v) is 26.1. The molecule has 0 aliphatic carbocycles. The Morgan fingerprint density at radius 2 is 1.02 bits per heavy atom. The highest BCUT2D eigenvalue weighted by Crippen LogP contribution is 2.56. The second-order valence-electron chi connectivity index (χ2n) is 11.8. The molecule has 10 N–H and O–H groups in total. The van der Waals surface area contributed by atoms with Gasteiger partial charge in [-0.3, -0.25) is 0 Å². The fraction of sp³-hybridized carbons (Fsp3) is 0.0270. The minimum atomic E-state index is -1.14. The third-order valence-electron chi connectivity index (χ3n) is 8.97. The van der Waals surface area contributed by atoms with E-state index in [9.17, 15) is 46.0 Å². The lowest BCUT2D eigenvalue weighted by molar-refractivity contribution is 0.330. The topological polar surface area (TPSA) is 201 Å². The van der Waals surface area contributed by atoms with Crippen LogP contribution in [-0.4, -0.2) is 65.8 Å². The summed E-state index contributed by atoms with van der Waals surface area (Å²) in [4.78, 5) is 5.23. The number of aromatic amines is 1. The predicted octanol–water partition coefficient (Wildman–Crippen LogP) is 5.70. The summed E-state index contributed by atoms with van der Waals surface area (Å²) in [6, 6.07) is 26.0. The maximum atomic E-state index is 11.1. The SMILES string of the molecule is Bc1c(O)c(O)c(O)c(-c2cc(-c3c(O)c(O)c(O)c(O)c3O)cc(N(C)c3ccccc3-c3ccc4c(c3)[nH]c3ccccc34)c2)c1O. The number of anilines is 2. The number of nitrogens with one attached hydrogen (secondary N) is 1. The Morgan fingerprint density at radius 3 is 1.69 bits per heavy atom. The lowest BCUT2D eigenvalue weighted by Crippen LogP contribution is -2.11. The molecule has 7 aromatic rings. The summed E-state index contributed by atoms with van der Waals surface area (Å²) >= 11 is 0. The molecule has 0 spiro atoms. The Bertz CT molecular complexity index is 2350. The Kier molecular flexibility index (Phi) is 7.02. The second kappa shape index (κ2) is 11.2. The molecule has 0 unspecified atom stereocenters. The lowest BCUT2D eigenvalue weighted by atomic mass is 9.87. The van der Waals surface area contributed by atoms with Crippen LogP contribution in [0.25, 0.3) is 55.2 Å². The van der Waals surface area contributed by atoms with E-state index in [1.807, 2.05) is 66.7 Å². The average Bonchev–Trinajstić information content (AvgIpc) is 3.49. The van der Waals surface area contributed by atoms with Crippen molar-refractivity contribution in [1.29, 1.82) is 0 Å². The Labute approximate surface area is 279 Å². The van der Waals surface area contributed by atoms with Gasteiger partial charge in [-0.15, -0.1) is 0 Å². The quantitative estimate of drug-likeness (QED) is 0.0623. The molecule has 0 atom stereocenters. The molecule has 0 fully saturated rings. The number of phenols is 9. The van der Waals surface area contributed by atoms with Gasteiger partial charge in [-0.25, -0.2) is 0 Å². The predicted molar refractivity (Wildman–Crippen MR) is 190 cm³/mol. The van der Waals surface area contributed by atoms with Gasteiger partial charge in [-0.2, -0.15) is 0 Å². The summed E-state index contributed by atoms with van der Waals surface area (Å²) in [6.07, 6.45) is 0. The van der Waals surface area contributed by atoms with Gasteiger partial charge in [-0.05, 0) is 58.6 Å². The third kappa shape index (κ3) is 4.68. The van der Waals surface area contributed by atoms with E-state index in [2.05, 4.69) is 4.98 Å². The van der Waals surface area contributed by atoms with Crippen molar-refractivity contribution < 1.29 is 46.0 Å². The molecule has 1 aromatic heterocycles. The molecule has 11 nitrogen and oxygen atoms in total. The fourth-order valence-electron chi connectivity index (χ4n) is 6.32. The van der Waals surface area contributed by atoms with Crippen molar-refractivity contribution in [3.05, 3.63) is 84.9 Å². The van der Waals surface area contributed by atoms with E-state index in [4.69, 9.17) is 0 Å². The number of para-hydroxylation sites is 2. The van der Waals surface area contributed by atoms with Crippen LogP contribution in [0.3, 0.4) is 0 Å². The minimum Gasteiger partial charge on any atom is -0.508 e. The molecular formula is C37H29BN2O9. The van der Waals surface area contributed by atoms with Crippen molar-refractivity contribution in [2.45, 2.75) is 0 Å². The van der Waals surface area contributed by atoms with Crippen LogP contribution in [0.2, 0.25) is 0 Å². The van der Waals surface area contributed by atoms with Gasteiger partial charge in [0.15, 0.2) is 23.0 Å². The van der Waals surface area contributed by atoms with Crippen LogP contribution in [0.4, 0.5) is 11.4 Å². The normalized spacial score (nSPS) is 11.4. The smallest absolute Gasteiger partial charge is 0.208 e. The van der Waals surface area contributed by atoms with Gasteiger partial charge in [-0.1, -0.05) is 48.5 Å². The van der Waals surface area contributed by atoms with Crippen molar-refractivity contribution in [2.24, 2.45) is 0 Å². The van der Waals surface area contributed by atoms with Crippen LogP contribution < -0.4 is 10.4 Å². The number of H-pyrrole nitrogens is 1. The zero-order chi connectivity index (χ0) is 34.9. The highest BCUT2D eigenvalue weighted by Gasteiger charge is 2.28. The number of fused-ring (bicyclic) bond motifs is 3. The van der Waals surface area contributed by atoms with Crippen LogP contribution in [0.1, 0.15) is 0 Å². The number of hydrogen-bond donors (Lipinski definition) is 10. The average molecular weight is 656 g/mol. The van der Waals surface area contributed by atoms with E-state index < -0.39 is 57.3 Å². The van der Waals surface area contributed by atoms with Crippen LogP contribution >= 0.6 is 0 Å². The molecule has 49 heavy (non-hydrogen) atoms. The van der Waals surface area contributed by atoms with E-state index in [0.29, 0.717) is 11.4 Å². The number of aromatic nitrogens is 1. The first-order chi connectivity index (χ1) is 23.4. The summed E-state index contributed by atoms with van der Waals surface area (Å²) in [5, 5.41) is 97.2. The number of aromatic hydroxyl groups is 9. The molecule has 0 saturated heterocycles. The Balaban J connectivity index is 1.46. The molecule has 0 aliphatic heterocycles. The maximum absolute atomic E-state index is 11.1. The number of nitrogens with zero attached hydrogens (tertiary/aromatic N) is 1. The highest BCUT2D eigenvalue weighted by molar-refractivity contribution is 6.37. The lowest BCUT2D eigenvalue weighted by Gasteiger charge is -2.25. The standard InChI is InChI=1S/C37H29BN2O9/c1-40(25-9-5-3-6-20(25)16-10-11-22-21-7-2-4-8-23(21)39-24(22)15-16)19-13-17(26-29(41)28(38)33(45)34(46)30(26)42)12-18(14-19)27-31(43)35(47)37(49)36(48)32(27)44/h2-15,39,41-49H,38H2,1H3. The van der Waals surface area contributed by atoms with E-state index >= 15 is 0 Å². The van der Waals surface area contributed by atoms with Crippen molar-refractivity contribution >= 4 is 46.5 Å². The van der Waals surface area contributed by atoms with Gasteiger partial charge in [0.25, 0.3) is 0 Å². The summed E-state index contributed by atoms with van der Waals surface area (Å²) in [5.41, 5.74) is 3.85. The first-order valence-corrected chi connectivity index (χ1v) is 15.0. The first kappa shape index (κ1) is 30.8. The van der Waals surface area contributed by atoms with Crippen molar-refractivity contribution in [3.63, 3.8) is 0 Å². The molecule has 0 amide bonds. The summed E-state index contributed by atoms with van der Waals surface area (Å²) in [6.45, 7) is 0. The Hall–Kier alpha value is -6.82. The molecule has 12 heteroatoms. The molecule has 0 bridgehead atoms. The molecular weight excluding hydrogens is 627 g/mol. The van der Waals surface area contributed by atoms with Crippen LogP contribution in [0, 0.1) is 0 Å². The molecule has 0 aliphatic rings. The van der Waals surface area contributed by atoms with Gasteiger partial charge < -0.3 is 55.8 Å². The second-order valence-corrected chi connectivity index (χ2v) is 11.8. The monoisotopic (exact) mass is 656 g/mol. The number of hydrogen-bond acceptors (Lipinski definition) is 10. The van der Waals surface area contributed by atoms with Gasteiger partial charge >= 0.3 is 0 Å². The zero-order valence-electron chi connectivity index (χ0n) is 26.1. The van der Waals surface area contributed by atoms with Crippen molar-refractivity contribution in [2.75, 3.05) is 11.9 Å². The van der Waals surface area contributed by atoms with Gasteiger partial charge in [0.1, 0.15) is 13.6 Å². The van der Waals surface area contributed by atoms with E-state index in [0.717, 1.165) is 32.9 Å². The molecule has 6 aromatic carbocycles. The van der Waals surface area contributed by atoms with Crippen LogP contribution in [0.15, 0.2) is 84.9 Å². The van der Waals surface area contributed by atoms with Crippen molar-refractivity contribution in [3.8, 4) is 85.1 Å². The third-order valence-corrected chi connectivity index (χ3v) is 8.97. The molecule has 0 saturated carbocycles. The number of benzene rings is 6. The number of rotatable bonds is 5. The van der Waals surface area contributed by atoms with Gasteiger partial charge in [0.2, 0.25) is 23.0 Å². The summed E-state index contributed by atoms with van der Waals surface area (Å²) in [5.74, 6) is -8.24. The first-order valence-electron chi connectivity index (χ1n) is 15.0. The van der Waals surface area contributed by atoms with E-state index in [-0.39, 0.29) is 22.2 Å². The largest absolute Gasteiger partial charge is 0.508 e. The maximum Gasteiger partial charge on any atom is 0.208 e. The van der Waals surface area contributed by atoms with E-state index in [1.54, 1.807) is 18.0 Å². The molecule has 7 rings (SSSR count). The molecule has 1 heterocycles. The highest BCUT2D eigenvalue weighted by atomic mass is 16.4. The molecule has 244 valence electrons. The van der Waals surface area contributed by atoms with E-state index in [1.165, 1.54) is 20.0 Å². The van der Waals surface area contributed by atoms with Crippen molar-refractivity contribution in [1.82, 2.24) is 4.98 Å². The minimum absolute atomic E-state index is 0.0269. The summed E-state index contributed by atoms with van der Waals surface area (Å²) in [7, 11) is 3.08. The summed E-state index contributed by atoms with van der Waals surface area (Å²) < 4.78 is 0. The van der Waals surface area contributed by atoms with Gasteiger partial charge in [0, 0.05) is 45.8 Å². The number of phenolic OH excluding ortho intramolecular Hbond substituents is 9.